The minimum Gasteiger partial charge on any atom is -0.354 e. The van der Waals surface area contributed by atoms with Gasteiger partial charge in [-0.3, -0.25) is 14.5 Å². The van der Waals surface area contributed by atoms with Crippen molar-refractivity contribution in [1.82, 2.24) is 20.4 Å². The largest absolute Gasteiger partial charge is 0.354 e. The predicted octanol–water partition coefficient (Wildman–Crippen LogP) is 3.51. The summed E-state index contributed by atoms with van der Waals surface area (Å²) in [5.41, 5.74) is -0.442. The molecule has 0 radical (unpaired) electrons. The second kappa shape index (κ2) is 13.0. The molecule has 2 N–H and O–H groups in total. The first kappa shape index (κ1) is 28.0. The SMILES string of the molecule is CC(C)NC(=O)C(C)(CCC(C)NC(=O)CC1CCN(CC(F)F)CC1)C1CCN(C)CC1. The molecule has 33 heavy (non-hydrogen) atoms. The molecule has 0 saturated carbocycles. The molecule has 0 spiro atoms. The highest BCUT2D eigenvalue weighted by atomic mass is 19.3. The molecule has 2 saturated heterocycles. The van der Waals surface area contributed by atoms with Crippen molar-refractivity contribution in [2.45, 2.75) is 91.1 Å². The summed E-state index contributed by atoms with van der Waals surface area (Å²) < 4.78 is 25.1. The van der Waals surface area contributed by atoms with Gasteiger partial charge in [0.1, 0.15) is 0 Å². The van der Waals surface area contributed by atoms with Crippen LogP contribution >= 0.6 is 0 Å². The van der Waals surface area contributed by atoms with Gasteiger partial charge in [0.2, 0.25) is 11.8 Å². The lowest BCUT2D eigenvalue weighted by molar-refractivity contribution is -0.135. The van der Waals surface area contributed by atoms with Crippen molar-refractivity contribution in [3.63, 3.8) is 0 Å². The molecule has 2 aliphatic heterocycles. The summed E-state index contributed by atoms with van der Waals surface area (Å²) in [5.74, 6) is 0.754. The monoisotopic (exact) mass is 472 g/mol. The lowest BCUT2D eigenvalue weighted by Gasteiger charge is -2.42. The van der Waals surface area contributed by atoms with Gasteiger partial charge in [-0.2, -0.15) is 0 Å². The van der Waals surface area contributed by atoms with Crippen LogP contribution in [0.2, 0.25) is 0 Å². The Bertz CT molecular complexity index is 618. The van der Waals surface area contributed by atoms with Gasteiger partial charge in [-0.1, -0.05) is 6.92 Å². The molecule has 8 heteroatoms. The molecule has 0 aromatic heterocycles. The number of alkyl halides is 2. The van der Waals surface area contributed by atoms with E-state index in [-0.39, 0.29) is 36.4 Å². The zero-order valence-corrected chi connectivity index (χ0v) is 21.3. The Kier molecular flexibility index (Phi) is 11.0. The van der Waals surface area contributed by atoms with Crippen molar-refractivity contribution in [2.24, 2.45) is 17.3 Å². The molecule has 2 rings (SSSR count). The number of piperidine rings is 2. The van der Waals surface area contributed by atoms with Crippen LogP contribution in [0.4, 0.5) is 8.78 Å². The Morgan fingerprint density at radius 2 is 1.61 bits per heavy atom. The van der Waals surface area contributed by atoms with Crippen molar-refractivity contribution in [3.05, 3.63) is 0 Å². The summed E-state index contributed by atoms with van der Waals surface area (Å²) >= 11 is 0. The molecule has 2 atom stereocenters. The van der Waals surface area contributed by atoms with Crippen molar-refractivity contribution < 1.29 is 18.4 Å². The molecule has 192 valence electrons. The average Bonchev–Trinajstić information content (AvgIpc) is 2.73. The fourth-order valence-corrected chi connectivity index (χ4v) is 5.33. The Balaban J connectivity index is 1.83. The number of nitrogens with one attached hydrogen (secondary N) is 2. The predicted molar refractivity (Wildman–Crippen MR) is 128 cm³/mol. The van der Waals surface area contributed by atoms with Crippen molar-refractivity contribution in [1.29, 1.82) is 0 Å². The molecule has 0 aromatic rings. The van der Waals surface area contributed by atoms with Crippen LogP contribution in [0.15, 0.2) is 0 Å². The van der Waals surface area contributed by atoms with Crippen LogP contribution in [0.25, 0.3) is 0 Å². The van der Waals surface area contributed by atoms with E-state index < -0.39 is 11.8 Å². The zero-order chi connectivity index (χ0) is 24.6. The van der Waals surface area contributed by atoms with Gasteiger partial charge in [-0.25, -0.2) is 8.78 Å². The van der Waals surface area contributed by atoms with Gasteiger partial charge >= 0.3 is 0 Å². The minimum absolute atomic E-state index is 0.00568. The topological polar surface area (TPSA) is 64.7 Å². The average molecular weight is 473 g/mol. The maximum absolute atomic E-state index is 13.2. The first-order valence-electron chi connectivity index (χ1n) is 12.8. The smallest absolute Gasteiger partial charge is 0.251 e. The van der Waals surface area contributed by atoms with Gasteiger partial charge in [0.25, 0.3) is 6.43 Å². The fraction of sp³-hybridized carbons (Fsp3) is 0.920. The number of halogens is 2. The number of likely N-dealkylation sites (tertiary alicyclic amines) is 2. The molecule has 2 fully saturated rings. The third-order valence-electron chi connectivity index (χ3n) is 7.64. The van der Waals surface area contributed by atoms with Crippen LogP contribution in [0, 0.1) is 17.3 Å². The number of nitrogens with zero attached hydrogens (tertiary/aromatic N) is 2. The molecule has 2 aliphatic rings. The number of rotatable bonds is 11. The summed E-state index contributed by atoms with van der Waals surface area (Å²) in [6.07, 6.45) is 3.27. The molecule has 2 amide bonds. The zero-order valence-electron chi connectivity index (χ0n) is 21.3. The highest BCUT2D eigenvalue weighted by Crippen LogP contribution is 2.40. The van der Waals surface area contributed by atoms with Gasteiger partial charge in [-0.05, 0) is 104 Å². The molecule has 2 heterocycles. The van der Waals surface area contributed by atoms with E-state index in [1.54, 1.807) is 4.90 Å². The normalized spacial score (nSPS) is 22.3. The molecule has 0 aliphatic carbocycles. The Hall–Kier alpha value is -1.28. The summed E-state index contributed by atoms with van der Waals surface area (Å²) in [6.45, 7) is 11.2. The van der Waals surface area contributed by atoms with Crippen LogP contribution < -0.4 is 10.6 Å². The highest BCUT2D eigenvalue weighted by Gasteiger charge is 2.42. The van der Waals surface area contributed by atoms with E-state index in [2.05, 4.69) is 29.5 Å². The Morgan fingerprint density at radius 3 is 2.15 bits per heavy atom. The van der Waals surface area contributed by atoms with E-state index in [1.807, 2.05) is 20.8 Å². The molecular weight excluding hydrogens is 426 g/mol. The van der Waals surface area contributed by atoms with Crippen molar-refractivity contribution in [3.8, 4) is 0 Å². The highest BCUT2D eigenvalue weighted by molar-refractivity contribution is 5.83. The molecule has 6 nitrogen and oxygen atoms in total. The van der Waals surface area contributed by atoms with Gasteiger partial charge in [-0.15, -0.1) is 0 Å². The van der Waals surface area contributed by atoms with Crippen LogP contribution in [0.5, 0.6) is 0 Å². The molecule has 2 unspecified atom stereocenters. The van der Waals surface area contributed by atoms with E-state index in [0.717, 1.165) is 51.6 Å². The standard InChI is InChI=1S/C25H46F2N4O2/c1-18(2)28-24(33)25(4,21-9-12-30(5)13-10-21)11-6-19(3)29-23(32)16-20-7-14-31(15-8-20)17-22(26)27/h18-22H,6-17H2,1-5H3,(H,28,33)(H,29,32). The van der Waals surface area contributed by atoms with Crippen molar-refractivity contribution in [2.75, 3.05) is 39.8 Å². The van der Waals surface area contributed by atoms with Gasteiger partial charge in [0.05, 0.1) is 6.54 Å². The second-order valence-corrected chi connectivity index (χ2v) is 11.0. The maximum atomic E-state index is 13.2. The Morgan fingerprint density at radius 1 is 1.00 bits per heavy atom. The molecule has 0 aromatic carbocycles. The summed E-state index contributed by atoms with van der Waals surface area (Å²) in [7, 11) is 2.13. The Labute approximate surface area is 199 Å². The number of carbonyl (C=O) groups excluding carboxylic acids is 2. The molecular formula is C25H46F2N4O2. The lowest BCUT2D eigenvalue weighted by Crippen LogP contribution is -2.49. The summed E-state index contributed by atoms with van der Waals surface area (Å²) in [6, 6.07) is 0.0983. The quantitative estimate of drug-likeness (QED) is 0.483. The summed E-state index contributed by atoms with van der Waals surface area (Å²) in [4.78, 5) is 29.9. The van der Waals surface area contributed by atoms with Crippen LogP contribution in [0.3, 0.4) is 0 Å². The maximum Gasteiger partial charge on any atom is 0.251 e. The number of hydrogen-bond acceptors (Lipinski definition) is 4. The van der Waals surface area contributed by atoms with Gasteiger partial charge < -0.3 is 15.5 Å². The first-order valence-corrected chi connectivity index (χ1v) is 12.8. The third-order valence-corrected chi connectivity index (χ3v) is 7.64. The van der Waals surface area contributed by atoms with E-state index >= 15 is 0 Å². The van der Waals surface area contributed by atoms with Crippen LogP contribution in [-0.2, 0) is 9.59 Å². The van der Waals surface area contributed by atoms with E-state index in [1.165, 1.54) is 0 Å². The first-order chi connectivity index (χ1) is 15.5. The third kappa shape index (κ3) is 9.12. The van der Waals surface area contributed by atoms with Gasteiger partial charge in [0.15, 0.2) is 0 Å². The van der Waals surface area contributed by atoms with Crippen LogP contribution in [-0.4, -0.2) is 79.9 Å². The molecule has 0 bridgehead atoms. The van der Waals surface area contributed by atoms with Crippen LogP contribution in [0.1, 0.15) is 72.6 Å². The van der Waals surface area contributed by atoms with E-state index in [0.29, 0.717) is 25.4 Å². The fourth-order valence-electron chi connectivity index (χ4n) is 5.33. The summed E-state index contributed by atoms with van der Waals surface area (Å²) in [5, 5.41) is 6.26. The number of amides is 2. The minimum atomic E-state index is -2.30. The van der Waals surface area contributed by atoms with Crippen molar-refractivity contribution >= 4 is 11.8 Å². The second-order valence-electron chi connectivity index (χ2n) is 11.0. The van der Waals surface area contributed by atoms with Gasteiger partial charge in [0, 0.05) is 23.9 Å². The van der Waals surface area contributed by atoms with E-state index in [4.69, 9.17) is 0 Å². The number of hydrogen-bond donors (Lipinski definition) is 2. The number of carbonyl (C=O) groups is 2. The lowest BCUT2D eigenvalue weighted by atomic mass is 9.68. The van der Waals surface area contributed by atoms with E-state index in [9.17, 15) is 18.4 Å².